The summed E-state index contributed by atoms with van der Waals surface area (Å²) < 4.78 is 6.20. The molecule has 1 aliphatic rings. The molecule has 0 atom stereocenters. The zero-order valence-corrected chi connectivity index (χ0v) is 15.4. The topological polar surface area (TPSA) is 38.3 Å². The van der Waals surface area contributed by atoms with Crippen molar-refractivity contribution in [1.82, 2.24) is 5.32 Å². The van der Waals surface area contributed by atoms with Crippen LogP contribution in [0.1, 0.15) is 11.1 Å². The van der Waals surface area contributed by atoms with Crippen LogP contribution in [0.5, 0.6) is 5.75 Å². The van der Waals surface area contributed by atoms with E-state index in [4.69, 9.17) is 40.2 Å². The van der Waals surface area contributed by atoms with Gasteiger partial charge in [-0.3, -0.25) is 4.79 Å². The summed E-state index contributed by atoms with van der Waals surface area (Å²) in [6, 6.07) is 12.8. The molecule has 0 radical (unpaired) electrons. The fourth-order valence-electron chi connectivity index (χ4n) is 2.03. The molecule has 3 nitrogen and oxygen atoms in total. The number of nitrogens with one attached hydrogen (secondary N) is 1. The van der Waals surface area contributed by atoms with Gasteiger partial charge in [0, 0.05) is 0 Å². The number of thiocarbonyl (C=S) groups is 1. The number of carbonyl (C=O) groups is 1. The van der Waals surface area contributed by atoms with E-state index < -0.39 is 0 Å². The van der Waals surface area contributed by atoms with Gasteiger partial charge in [-0.15, -0.1) is 0 Å². The molecule has 1 aliphatic heterocycles. The predicted octanol–water partition coefficient (Wildman–Crippen LogP) is 5.06. The van der Waals surface area contributed by atoms with Gasteiger partial charge in [0.2, 0.25) is 0 Å². The molecule has 7 heteroatoms. The number of thioether (sulfide) groups is 1. The number of carbonyl (C=O) groups excluding carboxylic acids is 1. The van der Waals surface area contributed by atoms with Crippen molar-refractivity contribution < 1.29 is 9.53 Å². The normalized spacial score (nSPS) is 15.7. The molecule has 1 fully saturated rings. The van der Waals surface area contributed by atoms with Gasteiger partial charge in [-0.05, 0) is 41.5 Å². The SMILES string of the molecule is O=C1NC(=S)S/C1=C/c1ccc(OCc2ccc(Cl)c(Cl)c2)cc1. The van der Waals surface area contributed by atoms with Gasteiger partial charge in [0.1, 0.15) is 16.7 Å². The van der Waals surface area contributed by atoms with Crippen LogP contribution in [0.4, 0.5) is 0 Å². The van der Waals surface area contributed by atoms with Gasteiger partial charge < -0.3 is 10.1 Å². The number of hydrogen-bond donors (Lipinski definition) is 1. The summed E-state index contributed by atoms with van der Waals surface area (Å²) in [5.41, 5.74) is 1.84. The Kier molecular flexibility index (Phi) is 5.46. The van der Waals surface area contributed by atoms with Crippen LogP contribution in [-0.2, 0) is 11.4 Å². The van der Waals surface area contributed by atoms with Crippen LogP contribution in [0.3, 0.4) is 0 Å². The maximum absolute atomic E-state index is 11.6. The first-order chi connectivity index (χ1) is 11.5. The number of benzene rings is 2. The number of rotatable bonds is 4. The van der Waals surface area contributed by atoms with E-state index in [1.54, 1.807) is 18.2 Å². The minimum atomic E-state index is -0.162. The summed E-state index contributed by atoms with van der Waals surface area (Å²) in [6.07, 6.45) is 1.79. The first-order valence-corrected chi connectivity index (χ1v) is 8.91. The third-order valence-corrected chi connectivity index (χ3v) is 5.11. The van der Waals surface area contributed by atoms with Gasteiger partial charge in [0.25, 0.3) is 5.91 Å². The molecular weight excluding hydrogens is 385 g/mol. The lowest BCUT2D eigenvalue weighted by Gasteiger charge is -2.07. The maximum Gasteiger partial charge on any atom is 0.263 e. The Morgan fingerprint density at radius 3 is 2.50 bits per heavy atom. The van der Waals surface area contributed by atoms with Gasteiger partial charge in [0.05, 0.1) is 15.0 Å². The molecule has 1 heterocycles. The Bertz CT molecular complexity index is 835. The zero-order valence-electron chi connectivity index (χ0n) is 12.2. The largest absolute Gasteiger partial charge is 0.489 e. The van der Waals surface area contributed by atoms with E-state index in [9.17, 15) is 4.79 Å². The highest BCUT2D eigenvalue weighted by Crippen LogP contribution is 2.27. The van der Waals surface area contributed by atoms with Crippen LogP contribution in [0.25, 0.3) is 6.08 Å². The standard InChI is InChI=1S/C17H11Cl2NO2S2/c18-13-6-3-11(7-14(13)19)9-22-12-4-1-10(2-5-12)8-15-16(21)20-17(23)24-15/h1-8H,9H2,(H,20,21,23)/b15-8+. The van der Waals surface area contributed by atoms with Crippen LogP contribution in [-0.4, -0.2) is 10.2 Å². The lowest BCUT2D eigenvalue weighted by molar-refractivity contribution is -0.115. The molecule has 1 amide bonds. The Morgan fingerprint density at radius 1 is 1.12 bits per heavy atom. The van der Waals surface area contributed by atoms with Crippen molar-refractivity contribution >= 4 is 63.5 Å². The Hall–Kier alpha value is -1.53. The molecule has 0 saturated carbocycles. The predicted molar refractivity (Wildman–Crippen MR) is 104 cm³/mol. The molecule has 122 valence electrons. The minimum absolute atomic E-state index is 0.162. The van der Waals surface area contributed by atoms with Crippen LogP contribution in [0, 0.1) is 0 Å². The number of ether oxygens (including phenoxy) is 1. The molecule has 1 saturated heterocycles. The average molecular weight is 396 g/mol. The quantitative estimate of drug-likeness (QED) is 0.579. The number of halogens is 2. The zero-order chi connectivity index (χ0) is 17.1. The lowest BCUT2D eigenvalue weighted by atomic mass is 10.2. The minimum Gasteiger partial charge on any atom is -0.489 e. The third kappa shape index (κ3) is 4.30. The van der Waals surface area contributed by atoms with Crippen molar-refractivity contribution in [2.24, 2.45) is 0 Å². The average Bonchev–Trinajstić information content (AvgIpc) is 2.87. The van der Waals surface area contributed by atoms with Crippen LogP contribution in [0.2, 0.25) is 10.0 Å². The van der Waals surface area contributed by atoms with Crippen molar-refractivity contribution in [3.05, 3.63) is 68.5 Å². The van der Waals surface area contributed by atoms with Gasteiger partial charge in [-0.25, -0.2) is 0 Å². The van der Waals surface area contributed by atoms with Crippen molar-refractivity contribution in [2.75, 3.05) is 0 Å². The molecule has 0 unspecified atom stereocenters. The molecule has 0 bridgehead atoms. The molecule has 2 aromatic carbocycles. The van der Waals surface area contributed by atoms with E-state index in [0.717, 1.165) is 16.9 Å². The molecule has 24 heavy (non-hydrogen) atoms. The highest BCUT2D eigenvalue weighted by atomic mass is 35.5. The summed E-state index contributed by atoms with van der Waals surface area (Å²) in [5.74, 6) is 0.562. The summed E-state index contributed by atoms with van der Waals surface area (Å²) in [5, 5.41) is 3.61. The molecule has 1 N–H and O–H groups in total. The van der Waals surface area contributed by atoms with Crippen molar-refractivity contribution in [3.63, 3.8) is 0 Å². The van der Waals surface area contributed by atoms with Crippen molar-refractivity contribution in [2.45, 2.75) is 6.61 Å². The van der Waals surface area contributed by atoms with Crippen molar-refractivity contribution in [1.29, 1.82) is 0 Å². The molecular formula is C17H11Cl2NO2S2. The Balaban J connectivity index is 1.64. The summed E-state index contributed by atoms with van der Waals surface area (Å²) >= 11 is 18.1. The van der Waals surface area contributed by atoms with Gasteiger partial charge in [-0.2, -0.15) is 0 Å². The Morgan fingerprint density at radius 2 is 1.88 bits per heavy atom. The van der Waals surface area contributed by atoms with Crippen LogP contribution in [0.15, 0.2) is 47.4 Å². The van der Waals surface area contributed by atoms with E-state index in [2.05, 4.69) is 5.32 Å². The fourth-order valence-corrected chi connectivity index (χ4v) is 3.39. The van der Waals surface area contributed by atoms with Crippen LogP contribution >= 0.6 is 47.2 Å². The fraction of sp³-hybridized carbons (Fsp3) is 0.0588. The second-order valence-electron chi connectivity index (χ2n) is 4.96. The molecule has 0 aromatic heterocycles. The van der Waals surface area contributed by atoms with E-state index in [1.807, 2.05) is 30.3 Å². The highest BCUT2D eigenvalue weighted by molar-refractivity contribution is 8.26. The molecule has 0 spiro atoms. The third-order valence-electron chi connectivity index (χ3n) is 3.21. The maximum atomic E-state index is 11.6. The van der Waals surface area contributed by atoms with E-state index in [0.29, 0.717) is 25.9 Å². The van der Waals surface area contributed by atoms with Gasteiger partial charge in [-0.1, -0.05) is 65.4 Å². The molecule has 0 aliphatic carbocycles. The summed E-state index contributed by atoms with van der Waals surface area (Å²) in [4.78, 5) is 12.2. The van der Waals surface area contributed by atoms with Gasteiger partial charge in [0.15, 0.2) is 0 Å². The molecule has 2 aromatic rings. The number of amides is 1. The van der Waals surface area contributed by atoms with E-state index in [1.165, 1.54) is 11.8 Å². The van der Waals surface area contributed by atoms with Crippen LogP contribution < -0.4 is 10.1 Å². The second-order valence-corrected chi connectivity index (χ2v) is 7.49. The van der Waals surface area contributed by atoms with E-state index >= 15 is 0 Å². The Labute approximate surface area is 159 Å². The summed E-state index contributed by atoms with van der Waals surface area (Å²) in [7, 11) is 0. The van der Waals surface area contributed by atoms with Crippen molar-refractivity contribution in [3.8, 4) is 5.75 Å². The smallest absolute Gasteiger partial charge is 0.263 e. The first kappa shape index (κ1) is 17.3. The van der Waals surface area contributed by atoms with Gasteiger partial charge >= 0.3 is 0 Å². The second kappa shape index (κ2) is 7.57. The number of hydrogen-bond acceptors (Lipinski definition) is 4. The van der Waals surface area contributed by atoms with E-state index in [-0.39, 0.29) is 5.91 Å². The summed E-state index contributed by atoms with van der Waals surface area (Å²) in [6.45, 7) is 0.393. The lowest BCUT2D eigenvalue weighted by Crippen LogP contribution is -2.17. The molecule has 3 rings (SSSR count). The first-order valence-electron chi connectivity index (χ1n) is 6.93. The monoisotopic (exact) mass is 395 g/mol. The highest BCUT2D eigenvalue weighted by Gasteiger charge is 2.21.